The van der Waals surface area contributed by atoms with Crippen LogP contribution in [0.3, 0.4) is 0 Å². The maximum absolute atomic E-state index is 5.76. The Bertz CT molecular complexity index is 261. The van der Waals surface area contributed by atoms with Gasteiger partial charge in [-0.05, 0) is 32.6 Å². The second-order valence-electron chi connectivity index (χ2n) is 7.17. The van der Waals surface area contributed by atoms with E-state index in [2.05, 4.69) is 20.8 Å². The molecule has 2 fully saturated rings. The monoisotopic (exact) mass is 314 g/mol. The second kappa shape index (κ2) is 9.86. The first-order valence-electron chi connectivity index (χ1n) is 9.10. The van der Waals surface area contributed by atoms with Crippen LogP contribution in [0.25, 0.3) is 0 Å². The van der Waals surface area contributed by atoms with Crippen molar-refractivity contribution in [3.63, 3.8) is 0 Å². The van der Waals surface area contributed by atoms with Crippen molar-refractivity contribution >= 4 is 0 Å². The Morgan fingerprint density at radius 2 is 1.18 bits per heavy atom. The van der Waals surface area contributed by atoms with Crippen molar-refractivity contribution in [3.05, 3.63) is 0 Å². The normalized spacial score (nSPS) is 27.4. The molecule has 2 rings (SSSR count). The zero-order valence-corrected chi connectivity index (χ0v) is 14.6. The summed E-state index contributed by atoms with van der Waals surface area (Å²) in [4.78, 5) is 0. The number of epoxide rings is 2. The third-order valence-electron chi connectivity index (χ3n) is 4.55. The standard InChI is InChI=1S/C18H34O4/c1-14(6-4-8-15(2)19-10-17-12-21-17)7-5-9-16(3)20-11-18-13-22-18/h14-18H,4-13H2,1-3H3. The van der Waals surface area contributed by atoms with Gasteiger partial charge in [0.15, 0.2) is 0 Å². The lowest BCUT2D eigenvalue weighted by Crippen LogP contribution is -2.13. The third kappa shape index (κ3) is 9.09. The van der Waals surface area contributed by atoms with Gasteiger partial charge in [-0.1, -0.05) is 32.6 Å². The molecule has 4 atom stereocenters. The van der Waals surface area contributed by atoms with Crippen LogP contribution in [0.15, 0.2) is 0 Å². The molecule has 0 aromatic carbocycles. The van der Waals surface area contributed by atoms with Crippen molar-refractivity contribution in [3.8, 4) is 0 Å². The van der Waals surface area contributed by atoms with E-state index in [4.69, 9.17) is 18.9 Å². The average molecular weight is 314 g/mol. The second-order valence-corrected chi connectivity index (χ2v) is 7.17. The van der Waals surface area contributed by atoms with E-state index in [-0.39, 0.29) is 0 Å². The molecule has 2 aliphatic heterocycles. The van der Waals surface area contributed by atoms with Gasteiger partial charge in [0.05, 0.1) is 38.6 Å². The fraction of sp³-hybridized carbons (Fsp3) is 1.00. The molecule has 2 aliphatic rings. The highest BCUT2D eigenvalue weighted by molar-refractivity contribution is 4.69. The largest absolute Gasteiger partial charge is 0.376 e. The summed E-state index contributed by atoms with van der Waals surface area (Å²) in [7, 11) is 0. The molecule has 0 aliphatic carbocycles. The third-order valence-corrected chi connectivity index (χ3v) is 4.55. The zero-order valence-electron chi connectivity index (χ0n) is 14.6. The quantitative estimate of drug-likeness (QED) is 0.460. The first-order valence-corrected chi connectivity index (χ1v) is 9.10. The van der Waals surface area contributed by atoms with Crippen LogP contribution in [0.2, 0.25) is 0 Å². The van der Waals surface area contributed by atoms with Crippen LogP contribution in [0.4, 0.5) is 0 Å². The van der Waals surface area contributed by atoms with E-state index in [0.717, 1.165) is 45.2 Å². The molecule has 0 bridgehead atoms. The molecule has 4 nitrogen and oxygen atoms in total. The van der Waals surface area contributed by atoms with Crippen molar-refractivity contribution in [2.45, 2.75) is 83.7 Å². The summed E-state index contributed by atoms with van der Waals surface area (Å²) in [5.41, 5.74) is 0. The highest BCUT2D eigenvalue weighted by Crippen LogP contribution is 2.19. The van der Waals surface area contributed by atoms with Crippen LogP contribution < -0.4 is 0 Å². The predicted molar refractivity (Wildman–Crippen MR) is 87.2 cm³/mol. The molecule has 22 heavy (non-hydrogen) atoms. The van der Waals surface area contributed by atoms with Gasteiger partial charge in [-0.2, -0.15) is 0 Å². The van der Waals surface area contributed by atoms with Crippen LogP contribution in [-0.2, 0) is 18.9 Å². The molecule has 130 valence electrons. The van der Waals surface area contributed by atoms with Crippen molar-refractivity contribution < 1.29 is 18.9 Å². The topological polar surface area (TPSA) is 43.5 Å². The van der Waals surface area contributed by atoms with Gasteiger partial charge in [0.2, 0.25) is 0 Å². The minimum absolute atomic E-state index is 0.370. The Morgan fingerprint density at radius 3 is 1.55 bits per heavy atom. The van der Waals surface area contributed by atoms with Gasteiger partial charge in [-0.3, -0.25) is 0 Å². The Hall–Kier alpha value is -0.160. The maximum Gasteiger partial charge on any atom is 0.104 e. The minimum atomic E-state index is 0.370. The fourth-order valence-corrected chi connectivity index (χ4v) is 2.69. The first-order chi connectivity index (χ1) is 10.6. The van der Waals surface area contributed by atoms with Crippen molar-refractivity contribution in [1.29, 1.82) is 0 Å². The Kier molecular flexibility index (Phi) is 8.15. The number of hydrogen-bond acceptors (Lipinski definition) is 4. The summed E-state index contributed by atoms with van der Waals surface area (Å²) in [5, 5.41) is 0. The number of rotatable bonds is 14. The van der Waals surface area contributed by atoms with Gasteiger partial charge < -0.3 is 18.9 Å². The summed E-state index contributed by atoms with van der Waals surface area (Å²) in [5.74, 6) is 0.804. The molecule has 4 heteroatoms. The number of ether oxygens (including phenoxy) is 4. The van der Waals surface area contributed by atoms with Crippen LogP contribution in [0, 0.1) is 5.92 Å². The Morgan fingerprint density at radius 1 is 0.773 bits per heavy atom. The first kappa shape index (κ1) is 18.2. The predicted octanol–water partition coefficient (Wildman–Crippen LogP) is 3.57. The molecule has 0 aromatic heterocycles. The molecule has 2 saturated heterocycles. The van der Waals surface area contributed by atoms with Crippen molar-refractivity contribution in [1.82, 2.24) is 0 Å². The van der Waals surface area contributed by atoms with Gasteiger partial charge in [0.1, 0.15) is 12.2 Å². The van der Waals surface area contributed by atoms with E-state index in [1.54, 1.807) is 0 Å². The van der Waals surface area contributed by atoms with E-state index in [0.29, 0.717) is 24.4 Å². The van der Waals surface area contributed by atoms with Crippen LogP contribution in [-0.4, -0.2) is 50.8 Å². The summed E-state index contributed by atoms with van der Waals surface area (Å²) in [6.07, 6.45) is 8.98. The van der Waals surface area contributed by atoms with E-state index >= 15 is 0 Å². The summed E-state index contributed by atoms with van der Waals surface area (Å²) in [6.45, 7) is 10.1. The van der Waals surface area contributed by atoms with E-state index < -0.39 is 0 Å². The molecule has 4 unspecified atom stereocenters. The van der Waals surface area contributed by atoms with Crippen LogP contribution in [0.5, 0.6) is 0 Å². The Labute approximate surface area is 135 Å². The molecule has 0 saturated carbocycles. The molecule has 0 aromatic rings. The molecular formula is C18H34O4. The van der Waals surface area contributed by atoms with Crippen LogP contribution >= 0.6 is 0 Å². The van der Waals surface area contributed by atoms with Gasteiger partial charge >= 0.3 is 0 Å². The van der Waals surface area contributed by atoms with E-state index in [9.17, 15) is 0 Å². The average Bonchev–Trinajstić information content (AvgIpc) is 3.38. The zero-order chi connectivity index (χ0) is 15.8. The highest BCUT2D eigenvalue weighted by atomic mass is 16.6. The SMILES string of the molecule is CC(CCCC(C)OCC1CO1)CCCC(C)OCC1CO1. The highest BCUT2D eigenvalue weighted by Gasteiger charge is 2.24. The van der Waals surface area contributed by atoms with Crippen LogP contribution in [0.1, 0.15) is 59.3 Å². The lowest BCUT2D eigenvalue weighted by molar-refractivity contribution is 0.0453. The van der Waals surface area contributed by atoms with Crippen molar-refractivity contribution in [2.24, 2.45) is 5.92 Å². The van der Waals surface area contributed by atoms with Gasteiger partial charge in [0.25, 0.3) is 0 Å². The smallest absolute Gasteiger partial charge is 0.104 e. The van der Waals surface area contributed by atoms with E-state index in [1.165, 1.54) is 25.7 Å². The summed E-state index contributed by atoms with van der Waals surface area (Å²) < 4.78 is 21.8. The Balaban J connectivity index is 1.37. The molecular weight excluding hydrogens is 280 g/mol. The van der Waals surface area contributed by atoms with Crippen molar-refractivity contribution in [2.75, 3.05) is 26.4 Å². The molecule has 0 amide bonds. The molecule has 0 spiro atoms. The maximum atomic E-state index is 5.76. The molecule has 2 heterocycles. The van der Waals surface area contributed by atoms with E-state index in [1.807, 2.05) is 0 Å². The summed E-state index contributed by atoms with van der Waals surface area (Å²) >= 11 is 0. The lowest BCUT2D eigenvalue weighted by Gasteiger charge is -2.16. The van der Waals surface area contributed by atoms with Gasteiger partial charge in [0, 0.05) is 0 Å². The molecule has 0 N–H and O–H groups in total. The van der Waals surface area contributed by atoms with Gasteiger partial charge in [-0.15, -0.1) is 0 Å². The summed E-state index contributed by atoms with van der Waals surface area (Å²) in [6, 6.07) is 0. The minimum Gasteiger partial charge on any atom is -0.376 e. The van der Waals surface area contributed by atoms with Gasteiger partial charge in [-0.25, -0.2) is 0 Å². The molecule has 0 radical (unpaired) electrons. The fourth-order valence-electron chi connectivity index (χ4n) is 2.69. The lowest BCUT2D eigenvalue weighted by atomic mass is 9.96. The number of hydrogen-bond donors (Lipinski definition) is 0.